The standard InChI is InChI=1S/C14H22N4/c1-9(2)13-15-7-11(17-13)5-6-12-8-16-14(18-12)10(3)4/h7-10H,5-6H2,1-4H3,(H,15,17)(H,16,18). The molecule has 0 aromatic carbocycles. The first-order valence-corrected chi connectivity index (χ1v) is 6.63. The monoisotopic (exact) mass is 246 g/mol. The van der Waals surface area contributed by atoms with Crippen LogP contribution in [0.15, 0.2) is 12.4 Å². The smallest absolute Gasteiger partial charge is 0.108 e. The number of H-pyrrole nitrogens is 2. The third-order valence-corrected chi connectivity index (χ3v) is 3.05. The summed E-state index contributed by atoms with van der Waals surface area (Å²) < 4.78 is 0. The molecule has 0 spiro atoms. The van der Waals surface area contributed by atoms with Crippen LogP contribution >= 0.6 is 0 Å². The summed E-state index contributed by atoms with van der Waals surface area (Å²) in [4.78, 5) is 15.5. The highest BCUT2D eigenvalue weighted by molar-refractivity contribution is 5.09. The Kier molecular flexibility index (Phi) is 3.84. The molecule has 18 heavy (non-hydrogen) atoms. The van der Waals surface area contributed by atoms with Crippen LogP contribution in [0.3, 0.4) is 0 Å². The highest BCUT2D eigenvalue weighted by Crippen LogP contribution is 2.13. The molecule has 0 amide bonds. The molecule has 0 saturated carbocycles. The van der Waals surface area contributed by atoms with Crippen LogP contribution in [0.2, 0.25) is 0 Å². The predicted molar refractivity (Wildman–Crippen MR) is 72.8 cm³/mol. The molecule has 0 saturated heterocycles. The summed E-state index contributed by atoms with van der Waals surface area (Å²) in [5.74, 6) is 3.05. The number of nitrogens with one attached hydrogen (secondary N) is 2. The first kappa shape index (κ1) is 12.9. The third-order valence-electron chi connectivity index (χ3n) is 3.05. The van der Waals surface area contributed by atoms with Crippen molar-refractivity contribution < 1.29 is 0 Å². The minimum absolute atomic E-state index is 0.457. The lowest BCUT2D eigenvalue weighted by Crippen LogP contribution is -1.95. The van der Waals surface area contributed by atoms with Crippen LogP contribution in [0.25, 0.3) is 0 Å². The maximum atomic E-state index is 4.38. The number of hydrogen-bond acceptors (Lipinski definition) is 2. The molecule has 2 heterocycles. The largest absolute Gasteiger partial charge is 0.346 e. The van der Waals surface area contributed by atoms with Gasteiger partial charge in [0.1, 0.15) is 11.6 Å². The van der Waals surface area contributed by atoms with E-state index in [0.29, 0.717) is 11.8 Å². The Labute approximate surface area is 108 Å². The van der Waals surface area contributed by atoms with Crippen molar-refractivity contribution in [1.82, 2.24) is 19.9 Å². The minimum atomic E-state index is 0.457. The van der Waals surface area contributed by atoms with Crippen molar-refractivity contribution >= 4 is 0 Å². The Morgan fingerprint density at radius 2 is 1.22 bits per heavy atom. The van der Waals surface area contributed by atoms with E-state index in [2.05, 4.69) is 47.6 Å². The third kappa shape index (κ3) is 3.00. The van der Waals surface area contributed by atoms with Gasteiger partial charge in [0.2, 0.25) is 0 Å². The second-order valence-electron chi connectivity index (χ2n) is 5.40. The number of nitrogens with zero attached hydrogens (tertiary/aromatic N) is 2. The molecule has 0 radical (unpaired) electrons. The lowest BCUT2D eigenvalue weighted by atomic mass is 10.2. The predicted octanol–water partition coefficient (Wildman–Crippen LogP) is 3.16. The molecule has 0 atom stereocenters. The number of imidazole rings is 2. The van der Waals surface area contributed by atoms with Gasteiger partial charge in [-0.25, -0.2) is 9.97 Å². The van der Waals surface area contributed by atoms with E-state index in [1.807, 2.05) is 12.4 Å². The van der Waals surface area contributed by atoms with Crippen molar-refractivity contribution in [3.8, 4) is 0 Å². The van der Waals surface area contributed by atoms with Gasteiger partial charge >= 0.3 is 0 Å². The van der Waals surface area contributed by atoms with Crippen molar-refractivity contribution in [3.05, 3.63) is 35.4 Å². The quantitative estimate of drug-likeness (QED) is 0.851. The highest BCUT2D eigenvalue weighted by atomic mass is 14.9. The summed E-state index contributed by atoms with van der Waals surface area (Å²) >= 11 is 0. The van der Waals surface area contributed by atoms with Crippen LogP contribution in [0, 0.1) is 0 Å². The number of rotatable bonds is 5. The van der Waals surface area contributed by atoms with Crippen LogP contribution in [-0.4, -0.2) is 19.9 Å². The lowest BCUT2D eigenvalue weighted by Gasteiger charge is -2.00. The van der Waals surface area contributed by atoms with Gasteiger partial charge in [-0.05, 0) is 12.8 Å². The van der Waals surface area contributed by atoms with Crippen LogP contribution in [-0.2, 0) is 12.8 Å². The summed E-state index contributed by atoms with van der Waals surface area (Å²) in [6.45, 7) is 8.58. The van der Waals surface area contributed by atoms with Gasteiger partial charge in [-0.2, -0.15) is 0 Å². The van der Waals surface area contributed by atoms with Crippen LogP contribution in [0.5, 0.6) is 0 Å². The molecular weight excluding hydrogens is 224 g/mol. The number of aromatic nitrogens is 4. The molecule has 2 N–H and O–H groups in total. The topological polar surface area (TPSA) is 57.4 Å². The second kappa shape index (κ2) is 5.38. The molecule has 98 valence electrons. The molecule has 0 aliphatic heterocycles. The van der Waals surface area contributed by atoms with Gasteiger partial charge in [0.15, 0.2) is 0 Å². The lowest BCUT2D eigenvalue weighted by molar-refractivity contribution is 0.777. The number of hydrogen-bond donors (Lipinski definition) is 2. The molecule has 4 heteroatoms. The number of aryl methyl sites for hydroxylation is 2. The fourth-order valence-corrected chi connectivity index (χ4v) is 1.86. The molecule has 0 fully saturated rings. The molecule has 0 bridgehead atoms. The van der Waals surface area contributed by atoms with E-state index < -0.39 is 0 Å². The van der Waals surface area contributed by atoms with Crippen molar-refractivity contribution in [2.45, 2.75) is 52.4 Å². The molecule has 4 nitrogen and oxygen atoms in total. The van der Waals surface area contributed by atoms with E-state index in [-0.39, 0.29) is 0 Å². The Morgan fingerprint density at radius 1 is 0.833 bits per heavy atom. The van der Waals surface area contributed by atoms with E-state index in [9.17, 15) is 0 Å². The van der Waals surface area contributed by atoms with E-state index in [0.717, 1.165) is 24.5 Å². The zero-order valence-corrected chi connectivity index (χ0v) is 11.6. The molecule has 2 rings (SSSR count). The molecule has 0 unspecified atom stereocenters. The van der Waals surface area contributed by atoms with Gasteiger partial charge in [0.05, 0.1) is 0 Å². The summed E-state index contributed by atoms with van der Waals surface area (Å²) in [5.41, 5.74) is 2.39. The SMILES string of the molecule is CC(C)c1ncc(CCc2cnc(C(C)C)[nH]2)[nH]1. The Balaban J connectivity index is 1.93. The van der Waals surface area contributed by atoms with E-state index >= 15 is 0 Å². The molecular formula is C14H22N4. The maximum absolute atomic E-state index is 4.38. The zero-order valence-electron chi connectivity index (χ0n) is 11.6. The van der Waals surface area contributed by atoms with Crippen LogP contribution in [0.4, 0.5) is 0 Å². The van der Waals surface area contributed by atoms with Gasteiger partial charge in [0.25, 0.3) is 0 Å². The summed E-state index contributed by atoms with van der Waals surface area (Å²) in [7, 11) is 0. The first-order valence-electron chi connectivity index (χ1n) is 6.63. The highest BCUT2D eigenvalue weighted by Gasteiger charge is 2.07. The van der Waals surface area contributed by atoms with Crippen molar-refractivity contribution in [2.24, 2.45) is 0 Å². The van der Waals surface area contributed by atoms with Crippen LogP contribution in [0.1, 0.15) is 62.6 Å². The normalized spacial score (nSPS) is 11.7. The van der Waals surface area contributed by atoms with Gasteiger partial charge in [0, 0.05) is 35.6 Å². The number of aromatic amines is 2. The summed E-state index contributed by atoms with van der Waals surface area (Å²) in [5, 5.41) is 0. The molecule has 0 aliphatic carbocycles. The van der Waals surface area contributed by atoms with Gasteiger partial charge in [-0.1, -0.05) is 27.7 Å². The van der Waals surface area contributed by atoms with Gasteiger partial charge in [-0.15, -0.1) is 0 Å². The molecule has 2 aromatic heterocycles. The maximum Gasteiger partial charge on any atom is 0.108 e. The Hall–Kier alpha value is -1.58. The van der Waals surface area contributed by atoms with E-state index in [1.165, 1.54) is 11.4 Å². The van der Waals surface area contributed by atoms with E-state index in [1.54, 1.807) is 0 Å². The average Bonchev–Trinajstić information content (AvgIpc) is 2.95. The van der Waals surface area contributed by atoms with Crippen molar-refractivity contribution in [2.75, 3.05) is 0 Å². The molecule has 0 aliphatic rings. The fraction of sp³-hybridized carbons (Fsp3) is 0.571. The Morgan fingerprint density at radius 3 is 1.50 bits per heavy atom. The van der Waals surface area contributed by atoms with Crippen molar-refractivity contribution in [1.29, 1.82) is 0 Å². The molecule has 2 aromatic rings. The average molecular weight is 246 g/mol. The fourth-order valence-electron chi connectivity index (χ4n) is 1.86. The minimum Gasteiger partial charge on any atom is -0.346 e. The van der Waals surface area contributed by atoms with Gasteiger partial charge in [-0.3, -0.25) is 0 Å². The van der Waals surface area contributed by atoms with Crippen LogP contribution < -0.4 is 0 Å². The van der Waals surface area contributed by atoms with E-state index in [4.69, 9.17) is 0 Å². The van der Waals surface area contributed by atoms with Gasteiger partial charge < -0.3 is 9.97 Å². The summed E-state index contributed by atoms with van der Waals surface area (Å²) in [6, 6.07) is 0. The van der Waals surface area contributed by atoms with Crippen molar-refractivity contribution in [3.63, 3.8) is 0 Å². The zero-order chi connectivity index (χ0) is 13.1. The summed E-state index contributed by atoms with van der Waals surface area (Å²) in [6.07, 6.45) is 5.82. The Bertz CT molecular complexity index is 447. The second-order valence-corrected chi connectivity index (χ2v) is 5.40. The first-order chi connectivity index (χ1) is 8.56.